The number of hydrogen-bond acceptors (Lipinski definition) is 6. The average molecular weight is 382 g/mol. The molecule has 8 heteroatoms. The topological polar surface area (TPSA) is 113 Å². The number of fused-ring (bicyclic) bond motifs is 1. The van der Waals surface area contributed by atoms with Crippen LogP contribution in [0, 0.1) is 0 Å². The lowest BCUT2D eigenvalue weighted by molar-refractivity contribution is 0.368. The van der Waals surface area contributed by atoms with Crippen LogP contribution >= 0.6 is 0 Å². The van der Waals surface area contributed by atoms with Gasteiger partial charge in [-0.15, -0.1) is 0 Å². The zero-order chi connectivity index (χ0) is 19.2. The van der Waals surface area contributed by atoms with Crippen LogP contribution in [0.25, 0.3) is 22.4 Å². The van der Waals surface area contributed by atoms with E-state index in [-0.39, 0.29) is 16.3 Å². The molecule has 0 spiro atoms. The molecule has 0 amide bonds. The van der Waals surface area contributed by atoms with Gasteiger partial charge >= 0.3 is 0 Å². The quantitative estimate of drug-likeness (QED) is 0.470. The fourth-order valence-corrected chi connectivity index (χ4v) is 4.36. The summed E-state index contributed by atoms with van der Waals surface area (Å²) in [7, 11) is -4.01. The van der Waals surface area contributed by atoms with Gasteiger partial charge in [0, 0.05) is 5.56 Å². The predicted molar refractivity (Wildman–Crippen MR) is 99.2 cm³/mol. The normalized spacial score (nSPS) is 11.7. The first-order valence-electron chi connectivity index (χ1n) is 7.93. The number of hydrogen-bond donors (Lipinski definition) is 3. The van der Waals surface area contributed by atoms with Crippen LogP contribution in [0.1, 0.15) is 0 Å². The average Bonchev–Trinajstić information content (AvgIpc) is 3.07. The van der Waals surface area contributed by atoms with Gasteiger partial charge in [-0.1, -0.05) is 30.3 Å². The standard InChI is InChI=1S/C19H14N2O5S/c22-16-10-12(11-17(23)18(16)24)19-20-14-8-4-5-9-15(14)21(19)27(25,26)13-6-2-1-3-7-13/h1-11,22-24H. The van der Waals surface area contributed by atoms with Crippen molar-refractivity contribution in [3.8, 4) is 28.6 Å². The molecule has 0 fully saturated rings. The minimum Gasteiger partial charge on any atom is -0.504 e. The van der Waals surface area contributed by atoms with Gasteiger partial charge in [-0.2, -0.15) is 0 Å². The number of aromatic hydroxyl groups is 3. The summed E-state index contributed by atoms with van der Waals surface area (Å²) in [5.41, 5.74) is 0.918. The molecule has 0 bridgehead atoms. The van der Waals surface area contributed by atoms with Gasteiger partial charge in [-0.25, -0.2) is 17.4 Å². The lowest BCUT2D eigenvalue weighted by Gasteiger charge is -2.11. The van der Waals surface area contributed by atoms with Crippen molar-refractivity contribution < 1.29 is 23.7 Å². The number of benzene rings is 3. The van der Waals surface area contributed by atoms with Crippen molar-refractivity contribution in [2.24, 2.45) is 0 Å². The molecule has 1 aromatic heterocycles. The van der Waals surface area contributed by atoms with E-state index in [1.54, 1.807) is 42.5 Å². The highest BCUT2D eigenvalue weighted by molar-refractivity contribution is 7.90. The van der Waals surface area contributed by atoms with Crippen molar-refractivity contribution in [2.45, 2.75) is 4.90 Å². The second-order valence-corrected chi connectivity index (χ2v) is 7.66. The van der Waals surface area contributed by atoms with E-state index in [0.717, 1.165) is 16.1 Å². The summed E-state index contributed by atoms with van der Waals surface area (Å²) in [5.74, 6) is -1.85. The SMILES string of the molecule is O=S(=O)(c1ccccc1)n1c(-c2cc(O)c(O)c(O)c2)nc2ccccc21. The zero-order valence-electron chi connectivity index (χ0n) is 13.8. The largest absolute Gasteiger partial charge is 0.504 e. The molecule has 0 saturated heterocycles. The molecule has 4 rings (SSSR count). The molecule has 27 heavy (non-hydrogen) atoms. The molecule has 1 heterocycles. The number of rotatable bonds is 3. The van der Waals surface area contributed by atoms with E-state index in [2.05, 4.69) is 4.98 Å². The highest BCUT2D eigenvalue weighted by Gasteiger charge is 2.26. The van der Waals surface area contributed by atoms with E-state index in [0.29, 0.717) is 11.0 Å². The Bertz CT molecular complexity index is 1240. The monoisotopic (exact) mass is 382 g/mol. The van der Waals surface area contributed by atoms with Crippen LogP contribution in [-0.2, 0) is 10.0 Å². The molecule has 0 aliphatic rings. The number of phenolic OH excluding ortho intramolecular Hbond substituents is 3. The minimum absolute atomic E-state index is 0.00523. The molecule has 4 aromatic rings. The Labute approximate surface area is 154 Å². The Morgan fingerprint density at radius 2 is 1.41 bits per heavy atom. The third kappa shape index (κ3) is 2.67. The summed E-state index contributed by atoms with van der Waals surface area (Å²) in [5, 5.41) is 29.2. The maximum absolute atomic E-state index is 13.3. The Balaban J connectivity index is 2.08. The third-order valence-electron chi connectivity index (χ3n) is 4.13. The van der Waals surface area contributed by atoms with Crippen molar-refractivity contribution in [3.05, 3.63) is 66.7 Å². The van der Waals surface area contributed by atoms with Gasteiger partial charge in [0.05, 0.1) is 15.9 Å². The summed E-state index contributed by atoms with van der Waals surface area (Å²) in [6.45, 7) is 0. The van der Waals surface area contributed by atoms with Crippen molar-refractivity contribution in [2.75, 3.05) is 0 Å². The summed E-state index contributed by atoms with van der Waals surface area (Å²) in [6, 6.07) is 16.9. The first kappa shape index (κ1) is 16.9. The highest BCUT2D eigenvalue weighted by Crippen LogP contribution is 2.40. The fourth-order valence-electron chi connectivity index (χ4n) is 2.86. The van der Waals surface area contributed by atoms with Crippen LogP contribution in [0.15, 0.2) is 71.6 Å². The van der Waals surface area contributed by atoms with E-state index >= 15 is 0 Å². The lowest BCUT2D eigenvalue weighted by atomic mass is 10.2. The van der Waals surface area contributed by atoms with Gasteiger partial charge in [0.2, 0.25) is 0 Å². The van der Waals surface area contributed by atoms with Gasteiger partial charge in [0.1, 0.15) is 0 Å². The van der Waals surface area contributed by atoms with Crippen LogP contribution in [0.4, 0.5) is 0 Å². The number of nitrogens with zero attached hydrogens (tertiary/aromatic N) is 2. The van der Waals surface area contributed by atoms with Crippen LogP contribution < -0.4 is 0 Å². The van der Waals surface area contributed by atoms with E-state index in [9.17, 15) is 23.7 Å². The van der Waals surface area contributed by atoms with Crippen LogP contribution in [-0.4, -0.2) is 32.7 Å². The first-order chi connectivity index (χ1) is 12.9. The summed E-state index contributed by atoms with van der Waals surface area (Å²) < 4.78 is 27.6. The van der Waals surface area contributed by atoms with Crippen molar-refractivity contribution in [1.82, 2.24) is 8.96 Å². The summed E-state index contributed by atoms with van der Waals surface area (Å²) in [6.07, 6.45) is 0. The maximum Gasteiger partial charge on any atom is 0.269 e. The number of imidazole rings is 1. The molecule has 0 aliphatic heterocycles. The minimum atomic E-state index is -4.01. The van der Waals surface area contributed by atoms with Crippen LogP contribution in [0.2, 0.25) is 0 Å². The molecular formula is C19H14N2O5S. The zero-order valence-corrected chi connectivity index (χ0v) is 14.6. The molecule has 0 atom stereocenters. The van der Waals surface area contributed by atoms with Crippen LogP contribution in [0.5, 0.6) is 17.2 Å². The molecule has 0 radical (unpaired) electrons. The fraction of sp³-hybridized carbons (Fsp3) is 0. The van der Waals surface area contributed by atoms with Gasteiger partial charge < -0.3 is 15.3 Å². The van der Waals surface area contributed by atoms with Gasteiger partial charge in [0.25, 0.3) is 10.0 Å². The van der Waals surface area contributed by atoms with Gasteiger partial charge in [0.15, 0.2) is 23.1 Å². The molecule has 0 saturated carbocycles. The Hall–Kier alpha value is -3.52. The van der Waals surface area contributed by atoms with Gasteiger partial charge in [-0.05, 0) is 36.4 Å². The second kappa shape index (κ2) is 6.03. The van der Waals surface area contributed by atoms with E-state index < -0.39 is 27.3 Å². The molecule has 0 aliphatic carbocycles. The van der Waals surface area contributed by atoms with Crippen molar-refractivity contribution in [3.63, 3.8) is 0 Å². The third-order valence-corrected chi connectivity index (χ3v) is 5.85. The molecule has 7 nitrogen and oxygen atoms in total. The summed E-state index contributed by atoms with van der Waals surface area (Å²) >= 11 is 0. The van der Waals surface area contributed by atoms with E-state index in [4.69, 9.17) is 0 Å². The molecule has 3 N–H and O–H groups in total. The summed E-state index contributed by atoms with van der Waals surface area (Å²) in [4.78, 5) is 4.44. The van der Waals surface area contributed by atoms with E-state index in [1.807, 2.05) is 0 Å². The lowest BCUT2D eigenvalue weighted by Crippen LogP contribution is -2.14. The van der Waals surface area contributed by atoms with E-state index in [1.165, 1.54) is 12.1 Å². The predicted octanol–water partition coefficient (Wildman–Crippen LogP) is 3.06. The second-order valence-electron chi connectivity index (χ2n) is 5.87. The Morgan fingerprint density at radius 3 is 2.07 bits per heavy atom. The molecule has 0 unspecified atom stereocenters. The van der Waals surface area contributed by atoms with Crippen LogP contribution in [0.3, 0.4) is 0 Å². The maximum atomic E-state index is 13.3. The Kier molecular flexibility index (Phi) is 3.78. The molecule has 3 aromatic carbocycles. The smallest absolute Gasteiger partial charge is 0.269 e. The molecule has 136 valence electrons. The van der Waals surface area contributed by atoms with Gasteiger partial charge in [-0.3, -0.25) is 0 Å². The first-order valence-corrected chi connectivity index (χ1v) is 9.37. The number of para-hydroxylation sites is 2. The van der Waals surface area contributed by atoms with Crippen molar-refractivity contribution >= 4 is 21.1 Å². The number of aromatic nitrogens is 2. The van der Waals surface area contributed by atoms with Crippen molar-refractivity contribution in [1.29, 1.82) is 0 Å². The Morgan fingerprint density at radius 1 is 0.815 bits per heavy atom. The molecular weight excluding hydrogens is 368 g/mol. The highest BCUT2D eigenvalue weighted by atomic mass is 32.2. The number of phenols is 3.